The summed E-state index contributed by atoms with van der Waals surface area (Å²) in [5, 5.41) is 4.91. The Labute approximate surface area is 136 Å². The van der Waals surface area contributed by atoms with Crippen LogP contribution in [0.15, 0.2) is 42.5 Å². The lowest BCUT2D eigenvalue weighted by atomic mass is 10.1. The molecule has 0 bridgehead atoms. The number of nitrogens with zero attached hydrogens (tertiary/aromatic N) is 1. The van der Waals surface area contributed by atoms with Crippen molar-refractivity contribution in [2.75, 3.05) is 18.5 Å². The molecular formula is C17H20Cl2N2. The summed E-state index contributed by atoms with van der Waals surface area (Å²) >= 11 is 12.4. The minimum absolute atomic E-state index is 0.762. The smallest absolute Gasteiger partial charge is 0.0455 e. The van der Waals surface area contributed by atoms with Crippen molar-refractivity contribution in [1.29, 1.82) is 0 Å². The van der Waals surface area contributed by atoms with Crippen molar-refractivity contribution in [1.82, 2.24) is 5.32 Å². The Bertz CT molecular complexity index is 599. The third-order valence-corrected chi connectivity index (χ3v) is 3.99. The Morgan fingerprint density at radius 2 is 1.81 bits per heavy atom. The number of hydrogen-bond donors (Lipinski definition) is 1. The second-order valence-corrected chi connectivity index (χ2v) is 5.84. The fourth-order valence-corrected chi connectivity index (χ4v) is 2.69. The van der Waals surface area contributed by atoms with Crippen LogP contribution in [0.4, 0.5) is 5.69 Å². The van der Waals surface area contributed by atoms with Gasteiger partial charge in [0.05, 0.1) is 0 Å². The molecule has 0 atom stereocenters. The van der Waals surface area contributed by atoms with E-state index >= 15 is 0 Å². The Kier molecular flexibility index (Phi) is 5.92. The number of anilines is 1. The van der Waals surface area contributed by atoms with Crippen molar-refractivity contribution < 1.29 is 0 Å². The molecule has 2 aromatic carbocycles. The van der Waals surface area contributed by atoms with Crippen LogP contribution in [-0.4, -0.2) is 13.6 Å². The zero-order chi connectivity index (χ0) is 15.2. The van der Waals surface area contributed by atoms with Crippen molar-refractivity contribution in [2.45, 2.75) is 20.0 Å². The van der Waals surface area contributed by atoms with E-state index < -0.39 is 0 Å². The van der Waals surface area contributed by atoms with Gasteiger partial charge in [0.15, 0.2) is 0 Å². The van der Waals surface area contributed by atoms with E-state index in [1.807, 2.05) is 30.3 Å². The molecule has 0 amide bonds. The monoisotopic (exact) mass is 322 g/mol. The fraction of sp³-hybridized carbons (Fsp3) is 0.294. The summed E-state index contributed by atoms with van der Waals surface area (Å²) in [7, 11) is 2.07. The molecule has 0 fully saturated rings. The normalized spacial score (nSPS) is 10.7. The van der Waals surface area contributed by atoms with Gasteiger partial charge in [-0.15, -0.1) is 0 Å². The number of halogens is 2. The molecule has 0 aromatic heterocycles. The maximum atomic E-state index is 6.24. The molecule has 2 aromatic rings. The lowest BCUT2D eigenvalue weighted by Gasteiger charge is -2.23. The third kappa shape index (κ3) is 4.37. The third-order valence-electron chi connectivity index (χ3n) is 3.38. The Balaban J connectivity index is 2.22. The summed E-state index contributed by atoms with van der Waals surface area (Å²) < 4.78 is 0. The molecule has 0 aliphatic carbocycles. The first-order chi connectivity index (χ1) is 10.1. The van der Waals surface area contributed by atoms with Crippen LogP contribution in [0.3, 0.4) is 0 Å². The Morgan fingerprint density at radius 3 is 2.52 bits per heavy atom. The van der Waals surface area contributed by atoms with E-state index in [9.17, 15) is 0 Å². The number of hydrogen-bond acceptors (Lipinski definition) is 2. The quantitative estimate of drug-likeness (QED) is 0.826. The first-order valence-electron chi connectivity index (χ1n) is 7.05. The number of nitrogens with one attached hydrogen (secondary N) is 1. The van der Waals surface area contributed by atoms with Crippen LogP contribution in [0.5, 0.6) is 0 Å². The molecular weight excluding hydrogens is 303 g/mol. The van der Waals surface area contributed by atoms with Crippen LogP contribution in [-0.2, 0) is 13.1 Å². The van der Waals surface area contributed by atoms with Crippen molar-refractivity contribution in [2.24, 2.45) is 0 Å². The summed E-state index contributed by atoms with van der Waals surface area (Å²) in [5.74, 6) is 0. The van der Waals surface area contributed by atoms with Gasteiger partial charge < -0.3 is 10.2 Å². The van der Waals surface area contributed by atoms with Gasteiger partial charge in [-0.25, -0.2) is 0 Å². The Hall–Kier alpha value is -1.22. The molecule has 0 aliphatic rings. The molecule has 2 rings (SSSR count). The molecule has 0 heterocycles. The molecule has 2 nitrogen and oxygen atoms in total. The van der Waals surface area contributed by atoms with Crippen LogP contribution >= 0.6 is 23.2 Å². The number of rotatable bonds is 6. The second kappa shape index (κ2) is 7.69. The molecule has 0 saturated carbocycles. The average molecular weight is 323 g/mol. The van der Waals surface area contributed by atoms with E-state index in [4.69, 9.17) is 23.2 Å². The first-order valence-corrected chi connectivity index (χ1v) is 7.81. The minimum Gasteiger partial charge on any atom is -0.370 e. The molecule has 0 radical (unpaired) electrons. The van der Waals surface area contributed by atoms with E-state index in [-0.39, 0.29) is 0 Å². The SMILES string of the molecule is CCNCc1cc(Cl)ccc1N(C)Cc1ccccc1Cl. The van der Waals surface area contributed by atoms with Gasteiger partial charge in [0.2, 0.25) is 0 Å². The van der Waals surface area contributed by atoms with Gasteiger partial charge in [-0.3, -0.25) is 0 Å². The maximum Gasteiger partial charge on any atom is 0.0455 e. The zero-order valence-corrected chi connectivity index (χ0v) is 13.9. The van der Waals surface area contributed by atoms with Crippen LogP contribution in [0.2, 0.25) is 10.0 Å². The largest absolute Gasteiger partial charge is 0.370 e. The van der Waals surface area contributed by atoms with E-state index in [1.165, 1.54) is 11.3 Å². The van der Waals surface area contributed by atoms with Crippen molar-refractivity contribution >= 4 is 28.9 Å². The highest BCUT2D eigenvalue weighted by Gasteiger charge is 2.10. The van der Waals surface area contributed by atoms with E-state index in [0.29, 0.717) is 0 Å². The first kappa shape index (κ1) is 16.2. The summed E-state index contributed by atoms with van der Waals surface area (Å²) in [6, 6.07) is 13.9. The number of benzene rings is 2. The predicted octanol–water partition coefficient (Wildman–Crippen LogP) is 4.74. The highest BCUT2D eigenvalue weighted by molar-refractivity contribution is 6.31. The lowest BCUT2D eigenvalue weighted by Crippen LogP contribution is -2.20. The molecule has 0 spiro atoms. The molecule has 21 heavy (non-hydrogen) atoms. The van der Waals surface area contributed by atoms with Gasteiger partial charge in [-0.1, -0.05) is 48.3 Å². The highest BCUT2D eigenvalue weighted by atomic mass is 35.5. The summed E-state index contributed by atoms with van der Waals surface area (Å²) in [4.78, 5) is 2.20. The van der Waals surface area contributed by atoms with Crippen molar-refractivity contribution in [3.63, 3.8) is 0 Å². The molecule has 1 N–H and O–H groups in total. The highest BCUT2D eigenvalue weighted by Crippen LogP contribution is 2.26. The molecule has 4 heteroatoms. The summed E-state index contributed by atoms with van der Waals surface area (Å²) in [6.45, 7) is 4.59. The van der Waals surface area contributed by atoms with E-state index in [1.54, 1.807) is 0 Å². The lowest BCUT2D eigenvalue weighted by molar-refractivity contribution is 0.723. The topological polar surface area (TPSA) is 15.3 Å². The van der Waals surface area contributed by atoms with Gasteiger partial charge in [0.25, 0.3) is 0 Å². The van der Waals surface area contributed by atoms with Gasteiger partial charge in [-0.2, -0.15) is 0 Å². The van der Waals surface area contributed by atoms with Gasteiger partial charge in [0, 0.05) is 35.9 Å². The van der Waals surface area contributed by atoms with E-state index in [0.717, 1.165) is 35.2 Å². The average Bonchev–Trinajstić information content (AvgIpc) is 2.47. The molecule has 0 aliphatic heterocycles. The Morgan fingerprint density at radius 1 is 1.05 bits per heavy atom. The minimum atomic E-state index is 0.762. The van der Waals surface area contributed by atoms with E-state index in [2.05, 4.69) is 36.3 Å². The van der Waals surface area contributed by atoms with Gasteiger partial charge >= 0.3 is 0 Å². The van der Waals surface area contributed by atoms with Gasteiger partial charge in [0.1, 0.15) is 0 Å². The van der Waals surface area contributed by atoms with Crippen molar-refractivity contribution in [3.8, 4) is 0 Å². The van der Waals surface area contributed by atoms with Crippen LogP contribution < -0.4 is 10.2 Å². The maximum absolute atomic E-state index is 6.24. The van der Waals surface area contributed by atoms with Gasteiger partial charge in [-0.05, 0) is 41.9 Å². The van der Waals surface area contributed by atoms with Crippen molar-refractivity contribution in [3.05, 3.63) is 63.6 Å². The second-order valence-electron chi connectivity index (χ2n) is 5.00. The molecule has 112 valence electrons. The summed E-state index contributed by atoms with van der Waals surface area (Å²) in [5.41, 5.74) is 3.48. The van der Waals surface area contributed by atoms with Crippen LogP contribution in [0.1, 0.15) is 18.1 Å². The molecule has 0 unspecified atom stereocenters. The standard InChI is InChI=1S/C17H20Cl2N2/c1-3-20-11-14-10-15(18)8-9-17(14)21(2)12-13-6-4-5-7-16(13)19/h4-10,20H,3,11-12H2,1-2H3. The molecule has 0 saturated heterocycles. The van der Waals surface area contributed by atoms with Crippen LogP contribution in [0, 0.1) is 0 Å². The predicted molar refractivity (Wildman–Crippen MR) is 92.4 cm³/mol. The van der Waals surface area contributed by atoms with Crippen LogP contribution in [0.25, 0.3) is 0 Å². The summed E-state index contributed by atoms with van der Waals surface area (Å²) in [6.07, 6.45) is 0. The zero-order valence-electron chi connectivity index (χ0n) is 12.4. The fourth-order valence-electron chi connectivity index (χ4n) is 2.30.